The van der Waals surface area contributed by atoms with E-state index >= 15 is 0 Å². The summed E-state index contributed by atoms with van der Waals surface area (Å²) in [6, 6.07) is 4.71. The molecule has 0 spiro atoms. The summed E-state index contributed by atoms with van der Waals surface area (Å²) in [5.41, 5.74) is 5.89. The van der Waals surface area contributed by atoms with Crippen molar-refractivity contribution in [3.8, 4) is 0 Å². The highest BCUT2D eigenvalue weighted by Crippen LogP contribution is 2.31. The second-order valence-electron chi connectivity index (χ2n) is 3.38. The molecule has 0 atom stereocenters. The summed E-state index contributed by atoms with van der Waals surface area (Å²) in [6.07, 6.45) is 2.11. The molecule has 1 fully saturated rings. The predicted molar refractivity (Wildman–Crippen MR) is 55.4 cm³/mol. The fourth-order valence-corrected chi connectivity index (χ4v) is 1.36. The van der Waals surface area contributed by atoms with Gasteiger partial charge in [-0.15, -0.1) is 0 Å². The number of hydrogen-bond acceptors (Lipinski definition) is 1. The molecule has 1 aliphatic rings. The van der Waals surface area contributed by atoms with Crippen LogP contribution < -0.4 is 5.73 Å². The van der Waals surface area contributed by atoms with Gasteiger partial charge < -0.3 is 5.73 Å². The van der Waals surface area contributed by atoms with Crippen molar-refractivity contribution in [3.05, 3.63) is 29.0 Å². The minimum absolute atomic E-state index is 0.0786. The lowest BCUT2D eigenvalue weighted by Gasteiger charge is -2.00. The Morgan fingerprint density at radius 3 is 2.86 bits per heavy atom. The SMILES string of the molecule is NC(=Nc1cccc(Cl)c1F)C1CC1. The maximum Gasteiger partial charge on any atom is 0.167 e. The molecule has 0 amide bonds. The second-order valence-corrected chi connectivity index (χ2v) is 3.79. The zero-order chi connectivity index (χ0) is 10.1. The standard InChI is InChI=1S/C10H10ClFN2/c11-7-2-1-3-8(9(7)12)14-10(13)6-4-5-6/h1-3,6H,4-5H2,(H2,13,14). The van der Waals surface area contributed by atoms with Crippen molar-refractivity contribution in [2.24, 2.45) is 16.6 Å². The average Bonchev–Trinajstić information content (AvgIpc) is 2.95. The van der Waals surface area contributed by atoms with Gasteiger partial charge >= 0.3 is 0 Å². The highest BCUT2D eigenvalue weighted by Gasteiger charge is 2.25. The van der Waals surface area contributed by atoms with Crippen LogP contribution in [0.25, 0.3) is 0 Å². The van der Waals surface area contributed by atoms with Crippen molar-refractivity contribution < 1.29 is 4.39 Å². The number of aliphatic imine (C=N–C) groups is 1. The van der Waals surface area contributed by atoms with Gasteiger partial charge in [0.15, 0.2) is 5.82 Å². The van der Waals surface area contributed by atoms with E-state index in [9.17, 15) is 4.39 Å². The van der Waals surface area contributed by atoms with E-state index in [1.54, 1.807) is 12.1 Å². The summed E-state index contributed by atoms with van der Waals surface area (Å²) in [5.74, 6) is 0.345. The van der Waals surface area contributed by atoms with E-state index in [1.807, 2.05) is 0 Å². The summed E-state index contributed by atoms with van der Waals surface area (Å²) < 4.78 is 13.4. The van der Waals surface area contributed by atoms with E-state index in [0.29, 0.717) is 11.8 Å². The molecule has 0 heterocycles. The Morgan fingerprint density at radius 2 is 2.21 bits per heavy atom. The Labute approximate surface area is 86.6 Å². The molecule has 2 N–H and O–H groups in total. The van der Waals surface area contributed by atoms with Gasteiger partial charge in [0.1, 0.15) is 11.5 Å². The van der Waals surface area contributed by atoms with Crippen LogP contribution in [0.2, 0.25) is 5.02 Å². The summed E-state index contributed by atoms with van der Waals surface area (Å²) in [6.45, 7) is 0. The van der Waals surface area contributed by atoms with Crippen molar-refractivity contribution in [2.75, 3.05) is 0 Å². The molecule has 0 unspecified atom stereocenters. The van der Waals surface area contributed by atoms with Gasteiger partial charge in [-0.1, -0.05) is 17.7 Å². The zero-order valence-corrected chi connectivity index (χ0v) is 8.26. The maximum absolute atomic E-state index is 13.4. The lowest BCUT2D eigenvalue weighted by molar-refractivity contribution is 0.630. The lowest BCUT2D eigenvalue weighted by atomic mass is 10.3. The van der Waals surface area contributed by atoms with Crippen molar-refractivity contribution in [1.82, 2.24) is 0 Å². The smallest absolute Gasteiger partial charge is 0.167 e. The Balaban J connectivity index is 2.31. The van der Waals surface area contributed by atoms with E-state index in [2.05, 4.69) is 4.99 Å². The van der Waals surface area contributed by atoms with E-state index in [1.165, 1.54) is 6.07 Å². The number of hydrogen-bond donors (Lipinski definition) is 1. The number of benzene rings is 1. The minimum atomic E-state index is -0.502. The molecule has 0 saturated heterocycles. The normalized spacial score (nSPS) is 17.1. The third-order valence-corrected chi connectivity index (χ3v) is 2.47. The molecule has 1 aliphatic carbocycles. The molecule has 0 bridgehead atoms. The van der Waals surface area contributed by atoms with Gasteiger partial charge in [0.05, 0.1) is 5.02 Å². The minimum Gasteiger partial charge on any atom is -0.387 e. The van der Waals surface area contributed by atoms with E-state index in [0.717, 1.165) is 12.8 Å². The number of halogens is 2. The number of rotatable bonds is 2. The predicted octanol–water partition coefficient (Wildman–Crippen LogP) is 2.88. The van der Waals surface area contributed by atoms with Crippen LogP contribution in [0, 0.1) is 11.7 Å². The first-order valence-electron chi connectivity index (χ1n) is 4.46. The third kappa shape index (κ3) is 1.87. The molecular formula is C10H10ClFN2. The van der Waals surface area contributed by atoms with Crippen LogP contribution in [0.3, 0.4) is 0 Å². The Hall–Kier alpha value is -1.09. The molecule has 14 heavy (non-hydrogen) atoms. The van der Waals surface area contributed by atoms with Crippen molar-refractivity contribution in [1.29, 1.82) is 0 Å². The quantitative estimate of drug-likeness (QED) is 0.594. The molecule has 1 aromatic rings. The Morgan fingerprint density at radius 1 is 1.50 bits per heavy atom. The molecule has 2 nitrogen and oxygen atoms in total. The fourth-order valence-electron chi connectivity index (χ4n) is 1.19. The molecule has 2 rings (SSSR count). The van der Waals surface area contributed by atoms with E-state index in [-0.39, 0.29) is 10.7 Å². The van der Waals surface area contributed by atoms with Gasteiger partial charge in [0.2, 0.25) is 0 Å². The highest BCUT2D eigenvalue weighted by atomic mass is 35.5. The van der Waals surface area contributed by atoms with Gasteiger partial charge in [0, 0.05) is 5.92 Å². The molecule has 74 valence electrons. The molecule has 1 aromatic carbocycles. The van der Waals surface area contributed by atoms with Crippen molar-refractivity contribution in [3.63, 3.8) is 0 Å². The van der Waals surface area contributed by atoms with Crippen molar-refractivity contribution >= 4 is 23.1 Å². The first kappa shape index (κ1) is 9.46. The monoisotopic (exact) mass is 212 g/mol. The largest absolute Gasteiger partial charge is 0.387 e. The second kappa shape index (κ2) is 3.58. The molecule has 0 radical (unpaired) electrons. The van der Waals surface area contributed by atoms with Crippen LogP contribution in [-0.2, 0) is 0 Å². The first-order chi connectivity index (χ1) is 6.68. The van der Waals surface area contributed by atoms with Crippen LogP contribution in [-0.4, -0.2) is 5.84 Å². The number of nitrogens with two attached hydrogens (primary N) is 1. The van der Waals surface area contributed by atoms with Gasteiger partial charge in [-0.2, -0.15) is 0 Å². The van der Waals surface area contributed by atoms with E-state index in [4.69, 9.17) is 17.3 Å². The lowest BCUT2D eigenvalue weighted by Crippen LogP contribution is -2.13. The van der Waals surface area contributed by atoms with E-state index < -0.39 is 5.82 Å². The summed E-state index contributed by atoms with van der Waals surface area (Å²) >= 11 is 5.61. The van der Waals surface area contributed by atoms with Crippen LogP contribution in [0.4, 0.5) is 10.1 Å². The maximum atomic E-state index is 13.4. The number of nitrogens with zero attached hydrogens (tertiary/aromatic N) is 1. The van der Waals surface area contributed by atoms with Gasteiger partial charge in [-0.25, -0.2) is 9.38 Å². The molecule has 0 aromatic heterocycles. The van der Waals surface area contributed by atoms with Crippen LogP contribution in [0.1, 0.15) is 12.8 Å². The topological polar surface area (TPSA) is 38.4 Å². The zero-order valence-electron chi connectivity index (χ0n) is 7.50. The number of amidine groups is 1. The molecule has 4 heteroatoms. The van der Waals surface area contributed by atoms with Crippen LogP contribution >= 0.6 is 11.6 Å². The van der Waals surface area contributed by atoms with Crippen LogP contribution in [0.5, 0.6) is 0 Å². The molecule has 0 aliphatic heterocycles. The fraction of sp³-hybridized carbons (Fsp3) is 0.300. The summed E-state index contributed by atoms with van der Waals surface area (Å²) in [5, 5.41) is 0.0786. The Bertz CT molecular complexity index is 386. The van der Waals surface area contributed by atoms with Crippen LogP contribution in [0.15, 0.2) is 23.2 Å². The molecule has 1 saturated carbocycles. The highest BCUT2D eigenvalue weighted by molar-refractivity contribution is 6.31. The third-order valence-electron chi connectivity index (χ3n) is 2.18. The first-order valence-corrected chi connectivity index (χ1v) is 4.84. The van der Waals surface area contributed by atoms with Gasteiger partial charge in [-0.3, -0.25) is 0 Å². The summed E-state index contributed by atoms with van der Waals surface area (Å²) in [4.78, 5) is 4.02. The Kier molecular flexibility index (Phi) is 2.42. The summed E-state index contributed by atoms with van der Waals surface area (Å²) in [7, 11) is 0. The molecular weight excluding hydrogens is 203 g/mol. The van der Waals surface area contributed by atoms with Crippen molar-refractivity contribution in [2.45, 2.75) is 12.8 Å². The van der Waals surface area contributed by atoms with Gasteiger partial charge in [-0.05, 0) is 25.0 Å². The average molecular weight is 213 g/mol. The van der Waals surface area contributed by atoms with Gasteiger partial charge in [0.25, 0.3) is 0 Å².